The van der Waals surface area contributed by atoms with E-state index in [0.717, 1.165) is 104 Å². The number of hydrogen-bond donors (Lipinski definition) is 3. The summed E-state index contributed by atoms with van der Waals surface area (Å²) in [7, 11) is 0. The van der Waals surface area contributed by atoms with Crippen LogP contribution in [0.1, 0.15) is 49.4 Å². The Labute approximate surface area is 250 Å². The zero-order chi connectivity index (χ0) is 29.3. The molecule has 10 heteroatoms. The van der Waals surface area contributed by atoms with Gasteiger partial charge in [0, 0.05) is 74.0 Å². The molecule has 0 atom stereocenters. The van der Waals surface area contributed by atoms with Crippen molar-refractivity contribution in [1.29, 1.82) is 0 Å². The maximum Gasteiger partial charge on any atom is 0.164 e. The smallest absolute Gasteiger partial charge is 0.164 e. The van der Waals surface area contributed by atoms with E-state index in [1.54, 1.807) is 6.07 Å². The average Bonchev–Trinajstić information content (AvgIpc) is 3.63. The van der Waals surface area contributed by atoms with E-state index >= 15 is 0 Å². The molecule has 5 aromatic rings. The third-order valence-electron chi connectivity index (χ3n) is 9.37. The highest BCUT2D eigenvalue weighted by atomic mass is 19.1. The predicted octanol–water partition coefficient (Wildman–Crippen LogP) is 4.77. The van der Waals surface area contributed by atoms with Gasteiger partial charge in [-0.15, -0.1) is 0 Å². The molecular weight excluding hydrogens is 543 g/mol. The van der Waals surface area contributed by atoms with E-state index in [2.05, 4.69) is 53.7 Å². The normalized spacial score (nSPS) is 20.3. The van der Waals surface area contributed by atoms with Crippen LogP contribution >= 0.6 is 0 Å². The minimum Gasteiger partial charge on any atom is -0.396 e. The van der Waals surface area contributed by atoms with Crippen LogP contribution in [0.4, 0.5) is 10.2 Å². The zero-order valence-electron chi connectivity index (χ0n) is 24.4. The third-order valence-corrected chi connectivity index (χ3v) is 9.37. The molecule has 43 heavy (non-hydrogen) atoms. The van der Waals surface area contributed by atoms with Crippen molar-refractivity contribution in [3.05, 3.63) is 71.9 Å². The number of halogens is 1. The fourth-order valence-electron chi connectivity index (χ4n) is 7.05. The number of nitrogens with zero attached hydrogens (tertiary/aromatic N) is 6. The minimum absolute atomic E-state index is 0.194. The molecule has 0 radical (unpaired) electrons. The van der Waals surface area contributed by atoms with Gasteiger partial charge >= 0.3 is 0 Å². The molecule has 4 heterocycles. The highest BCUT2D eigenvalue weighted by Gasteiger charge is 2.31. The fourth-order valence-corrected chi connectivity index (χ4v) is 7.05. The lowest BCUT2D eigenvalue weighted by atomic mass is 9.90. The molecule has 0 spiro atoms. The first-order valence-corrected chi connectivity index (χ1v) is 15.5. The highest BCUT2D eigenvalue weighted by molar-refractivity contribution is 6.00. The molecule has 3 aromatic heterocycles. The summed E-state index contributed by atoms with van der Waals surface area (Å²) in [5.41, 5.74) is 11.6. The first-order valence-electron chi connectivity index (χ1n) is 15.5. The van der Waals surface area contributed by atoms with E-state index in [-0.39, 0.29) is 18.5 Å². The summed E-state index contributed by atoms with van der Waals surface area (Å²) in [6.07, 6.45) is 7.26. The maximum atomic E-state index is 14.3. The number of rotatable bonds is 8. The number of aliphatic hydroxyl groups excluding tert-OH is 1. The molecule has 1 aliphatic heterocycles. The van der Waals surface area contributed by atoms with Crippen LogP contribution in [0, 0.1) is 5.82 Å². The van der Waals surface area contributed by atoms with Gasteiger partial charge in [-0.25, -0.2) is 19.0 Å². The number of aliphatic hydroxyl groups is 1. The van der Waals surface area contributed by atoms with Crippen LogP contribution in [0.25, 0.3) is 33.2 Å². The lowest BCUT2D eigenvalue weighted by Crippen LogP contribution is -2.51. The van der Waals surface area contributed by atoms with Gasteiger partial charge < -0.3 is 20.7 Å². The molecular formula is C33H39FN8O. The van der Waals surface area contributed by atoms with Gasteiger partial charge in [-0.3, -0.25) is 4.90 Å². The molecule has 0 unspecified atom stereocenters. The lowest BCUT2D eigenvalue weighted by molar-refractivity contribution is 0.0680. The molecule has 2 aliphatic rings. The Morgan fingerprint density at radius 3 is 2.53 bits per heavy atom. The van der Waals surface area contributed by atoms with Crippen LogP contribution < -0.4 is 5.73 Å². The van der Waals surface area contributed by atoms with E-state index in [9.17, 15) is 4.39 Å². The average molecular weight is 583 g/mol. The number of piperazine rings is 1. The van der Waals surface area contributed by atoms with Gasteiger partial charge in [-0.1, -0.05) is 24.3 Å². The SMILES string of the molecule is Nc1ncnc2c1c(-c1ccc3[nH]c(Cc4ccccc4F)cc3c1)nn2C1CCC(N2CCN(CCCO)CC2)CC1. The van der Waals surface area contributed by atoms with Crippen LogP contribution in [0.15, 0.2) is 54.9 Å². The molecule has 0 amide bonds. The van der Waals surface area contributed by atoms with Crippen molar-refractivity contribution in [2.24, 2.45) is 0 Å². The monoisotopic (exact) mass is 582 g/mol. The van der Waals surface area contributed by atoms with Gasteiger partial charge in [0.05, 0.1) is 11.4 Å². The van der Waals surface area contributed by atoms with Crippen molar-refractivity contribution in [3.63, 3.8) is 0 Å². The standard InChI is InChI=1S/C33H39FN8O/c34-28-5-2-1-4-22(28)19-25-20-24-18-23(6-11-29(24)38-25)31-30-32(35)36-21-37-33(30)42(39-31)27-9-7-26(8-10-27)41-15-13-40(14-16-41)12-3-17-43/h1-2,4-6,11,18,20-21,26-27,38,43H,3,7-10,12-17,19H2,(H2,35,36,37). The molecule has 2 fully saturated rings. The second-order valence-corrected chi connectivity index (χ2v) is 12.0. The van der Waals surface area contributed by atoms with Crippen molar-refractivity contribution in [1.82, 2.24) is 34.5 Å². The maximum absolute atomic E-state index is 14.3. The van der Waals surface area contributed by atoms with Crippen LogP contribution in [-0.4, -0.2) is 85.0 Å². The molecule has 2 aromatic carbocycles. The van der Waals surface area contributed by atoms with E-state index in [1.807, 2.05) is 12.1 Å². The van der Waals surface area contributed by atoms with Crippen molar-refractivity contribution in [3.8, 4) is 11.3 Å². The third kappa shape index (κ3) is 5.62. The summed E-state index contributed by atoms with van der Waals surface area (Å²) in [5.74, 6) is 0.244. The van der Waals surface area contributed by atoms with E-state index in [1.165, 1.54) is 12.4 Å². The number of benzene rings is 2. The molecule has 1 aliphatic carbocycles. The summed E-state index contributed by atoms with van der Waals surface area (Å²) < 4.78 is 16.4. The molecule has 1 saturated carbocycles. The zero-order valence-corrected chi connectivity index (χ0v) is 24.4. The van der Waals surface area contributed by atoms with Crippen LogP contribution in [0.5, 0.6) is 0 Å². The molecule has 0 bridgehead atoms. The molecule has 4 N–H and O–H groups in total. The summed E-state index contributed by atoms with van der Waals surface area (Å²) in [5, 5.41) is 16.1. The summed E-state index contributed by atoms with van der Waals surface area (Å²) in [6, 6.07) is 16.1. The summed E-state index contributed by atoms with van der Waals surface area (Å²) in [4.78, 5) is 17.5. The van der Waals surface area contributed by atoms with Crippen LogP contribution in [-0.2, 0) is 6.42 Å². The topological polar surface area (TPSA) is 112 Å². The van der Waals surface area contributed by atoms with E-state index < -0.39 is 0 Å². The Kier molecular flexibility index (Phi) is 7.81. The number of nitrogen functional groups attached to an aromatic ring is 1. The Hall–Kier alpha value is -3.86. The summed E-state index contributed by atoms with van der Waals surface area (Å²) in [6.45, 7) is 5.62. The van der Waals surface area contributed by atoms with Gasteiger partial charge in [0.15, 0.2) is 5.65 Å². The van der Waals surface area contributed by atoms with Gasteiger partial charge in [-0.05, 0) is 61.9 Å². The van der Waals surface area contributed by atoms with Gasteiger partial charge in [0.1, 0.15) is 23.7 Å². The fraction of sp³-hybridized carbons (Fsp3) is 0.424. The van der Waals surface area contributed by atoms with Crippen LogP contribution in [0.2, 0.25) is 0 Å². The number of aromatic nitrogens is 5. The second-order valence-electron chi connectivity index (χ2n) is 12.0. The van der Waals surface area contributed by atoms with Gasteiger partial charge in [-0.2, -0.15) is 5.10 Å². The van der Waals surface area contributed by atoms with Gasteiger partial charge in [0.2, 0.25) is 0 Å². The Morgan fingerprint density at radius 2 is 1.74 bits per heavy atom. The molecule has 224 valence electrons. The Bertz CT molecular complexity index is 1720. The summed E-state index contributed by atoms with van der Waals surface area (Å²) >= 11 is 0. The first-order chi connectivity index (χ1) is 21.1. The molecule has 1 saturated heterocycles. The van der Waals surface area contributed by atoms with Crippen molar-refractivity contribution < 1.29 is 9.50 Å². The van der Waals surface area contributed by atoms with Crippen molar-refractivity contribution in [2.75, 3.05) is 45.1 Å². The predicted molar refractivity (Wildman–Crippen MR) is 167 cm³/mol. The lowest BCUT2D eigenvalue weighted by Gasteiger charge is -2.42. The van der Waals surface area contributed by atoms with Crippen molar-refractivity contribution in [2.45, 2.75) is 50.6 Å². The Morgan fingerprint density at radius 1 is 0.953 bits per heavy atom. The Balaban J connectivity index is 1.11. The first kappa shape index (κ1) is 27.9. The van der Waals surface area contributed by atoms with E-state index in [0.29, 0.717) is 23.8 Å². The highest BCUT2D eigenvalue weighted by Crippen LogP contribution is 2.38. The largest absolute Gasteiger partial charge is 0.396 e. The quantitative estimate of drug-likeness (QED) is 0.242. The number of fused-ring (bicyclic) bond motifs is 2. The number of H-pyrrole nitrogens is 1. The number of nitrogens with two attached hydrogens (primary N) is 1. The minimum atomic E-state index is -0.194. The molecule has 7 rings (SSSR count). The van der Waals surface area contributed by atoms with Crippen molar-refractivity contribution >= 4 is 27.8 Å². The second kappa shape index (κ2) is 12.0. The van der Waals surface area contributed by atoms with Gasteiger partial charge in [0.25, 0.3) is 0 Å². The number of anilines is 1. The molecule has 9 nitrogen and oxygen atoms in total. The number of aromatic amines is 1. The number of hydrogen-bond acceptors (Lipinski definition) is 7. The number of nitrogens with one attached hydrogen (secondary N) is 1. The van der Waals surface area contributed by atoms with E-state index in [4.69, 9.17) is 15.9 Å². The van der Waals surface area contributed by atoms with Crippen LogP contribution in [0.3, 0.4) is 0 Å².